The summed E-state index contributed by atoms with van der Waals surface area (Å²) in [5.41, 5.74) is -2.56. The lowest BCUT2D eigenvalue weighted by molar-refractivity contribution is -0.289. The fourth-order valence-electron chi connectivity index (χ4n) is 3.71. The maximum Gasteiger partial charge on any atom is 0.461 e. The summed E-state index contributed by atoms with van der Waals surface area (Å²) < 4.78 is 148. The molecule has 0 bridgehead atoms. The summed E-state index contributed by atoms with van der Waals surface area (Å²) in [4.78, 5) is 16.6. The first kappa shape index (κ1) is 30.8. The third-order valence-corrected chi connectivity index (χ3v) is 7.68. The Morgan fingerprint density at radius 1 is 0.905 bits per heavy atom. The molecule has 7 nitrogen and oxygen atoms in total. The van der Waals surface area contributed by atoms with Gasteiger partial charge in [-0.3, -0.25) is 4.79 Å². The Bertz CT molecular complexity index is 1810. The average molecular weight is 625 g/mol. The molecule has 0 saturated heterocycles. The van der Waals surface area contributed by atoms with E-state index >= 15 is 0 Å². The lowest BCUT2D eigenvalue weighted by atomic mass is 10.0. The van der Waals surface area contributed by atoms with Crippen LogP contribution in [0.25, 0.3) is 27.7 Å². The van der Waals surface area contributed by atoms with E-state index in [9.17, 15) is 52.7 Å². The molecule has 0 aliphatic carbocycles. The second-order valence-corrected chi connectivity index (χ2v) is 10.9. The zero-order valence-electron chi connectivity index (χ0n) is 20.8. The van der Waals surface area contributed by atoms with Gasteiger partial charge in [-0.2, -0.15) is 49.3 Å². The number of nitrogens with zero attached hydrogens (tertiary/aromatic N) is 3. The van der Waals surface area contributed by atoms with Crippen LogP contribution in [-0.2, 0) is 15.8 Å². The molecule has 0 aliphatic rings. The van der Waals surface area contributed by atoms with Crippen molar-refractivity contribution in [2.75, 3.05) is 5.75 Å². The van der Waals surface area contributed by atoms with E-state index in [0.29, 0.717) is 16.8 Å². The standard InChI is InChI=1S/C25H16F9N3O4S/c1-2-42(39,40)19-9-15(13-4-7-17(8-5-13)41-24(30,31)22(26)27)11-35-20(19)37-21(38)18-10-16(6-3-14(18)12-36-37)23(28,29)25(32,33)34/h3-12,22H,2H2,1H3. The number of alkyl halides is 9. The van der Waals surface area contributed by atoms with Gasteiger partial charge in [0, 0.05) is 22.7 Å². The number of aromatic nitrogens is 3. The molecule has 0 aliphatic heterocycles. The molecular weight excluding hydrogens is 609 g/mol. The van der Waals surface area contributed by atoms with Crippen LogP contribution in [0.5, 0.6) is 5.75 Å². The largest absolute Gasteiger partial charge is 0.461 e. The molecule has 224 valence electrons. The van der Waals surface area contributed by atoms with Gasteiger partial charge in [0.15, 0.2) is 15.7 Å². The Labute approximate surface area is 230 Å². The molecule has 0 fully saturated rings. The average Bonchev–Trinajstić information content (AvgIpc) is 2.92. The van der Waals surface area contributed by atoms with Crippen molar-refractivity contribution in [3.63, 3.8) is 0 Å². The Hall–Kier alpha value is -4.15. The third kappa shape index (κ3) is 5.64. The summed E-state index contributed by atoms with van der Waals surface area (Å²) >= 11 is 0. The van der Waals surface area contributed by atoms with Crippen molar-refractivity contribution >= 4 is 20.6 Å². The predicted molar refractivity (Wildman–Crippen MR) is 130 cm³/mol. The number of fused-ring (bicyclic) bond motifs is 1. The Morgan fingerprint density at radius 3 is 2.12 bits per heavy atom. The minimum atomic E-state index is -5.96. The first-order valence-corrected chi connectivity index (χ1v) is 13.2. The number of hydrogen-bond acceptors (Lipinski definition) is 6. The van der Waals surface area contributed by atoms with Crippen molar-refractivity contribution in [2.24, 2.45) is 0 Å². The van der Waals surface area contributed by atoms with Crippen LogP contribution in [-0.4, -0.2) is 47.6 Å². The number of hydrogen-bond donors (Lipinski definition) is 0. The summed E-state index contributed by atoms with van der Waals surface area (Å²) in [7, 11) is -4.21. The maximum absolute atomic E-state index is 13.9. The van der Waals surface area contributed by atoms with Gasteiger partial charge in [0.25, 0.3) is 5.56 Å². The van der Waals surface area contributed by atoms with Crippen LogP contribution < -0.4 is 10.3 Å². The van der Waals surface area contributed by atoms with Crippen molar-refractivity contribution in [1.82, 2.24) is 14.8 Å². The number of benzene rings is 2. The second-order valence-electron chi connectivity index (χ2n) is 8.67. The number of ether oxygens (including phenoxy) is 1. The molecule has 4 rings (SSSR count). The second kappa shape index (κ2) is 10.6. The summed E-state index contributed by atoms with van der Waals surface area (Å²) in [5, 5.41) is 3.06. The number of sulfone groups is 1. The van der Waals surface area contributed by atoms with Gasteiger partial charge in [-0.15, -0.1) is 0 Å². The molecule has 2 aromatic heterocycles. The lowest BCUT2D eigenvalue weighted by Gasteiger charge is -2.20. The predicted octanol–water partition coefficient (Wildman–Crippen LogP) is 6.13. The monoisotopic (exact) mass is 625 g/mol. The van der Waals surface area contributed by atoms with Crippen molar-refractivity contribution in [3.8, 4) is 22.7 Å². The van der Waals surface area contributed by atoms with Crippen LogP contribution in [0.3, 0.4) is 0 Å². The molecule has 0 spiro atoms. The third-order valence-electron chi connectivity index (χ3n) is 5.95. The van der Waals surface area contributed by atoms with Crippen molar-refractivity contribution in [1.29, 1.82) is 0 Å². The smallest absolute Gasteiger partial charge is 0.428 e. The van der Waals surface area contributed by atoms with Crippen LogP contribution in [0.1, 0.15) is 12.5 Å². The molecule has 4 aromatic rings. The van der Waals surface area contributed by atoms with Gasteiger partial charge in [-0.1, -0.05) is 31.2 Å². The van der Waals surface area contributed by atoms with E-state index in [1.54, 1.807) is 0 Å². The minimum Gasteiger partial charge on any atom is -0.428 e. The van der Waals surface area contributed by atoms with Crippen molar-refractivity contribution in [3.05, 3.63) is 76.8 Å². The van der Waals surface area contributed by atoms with Gasteiger partial charge in [0.1, 0.15) is 10.6 Å². The van der Waals surface area contributed by atoms with Gasteiger partial charge in [0.2, 0.25) is 0 Å². The fourth-order valence-corrected chi connectivity index (χ4v) is 4.74. The fraction of sp³-hybridized carbons (Fsp3) is 0.240. The first-order chi connectivity index (χ1) is 19.4. The topological polar surface area (TPSA) is 91.2 Å². The van der Waals surface area contributed by atoms with Crippen LogP contribution in [0.4, 0.5) is 39.5 Å². The molecule has 0 saturated carbocycles. The zero-order valence-corrected chi connectivity index (χ0v) is 21.7. The number of pyridine rings is 1. The van der Waals surface area contributed by atoms with Gasteiger partial charge in [-0.25, -0.2) is 13.4 Å². The highest BCUT2D eigenvalue weighted by atomic mass is 32.2. The minimum absolute atomic E-state index is 0.0545. The molecule has 42 heavy (non-hydrogen) atoms. The molecule has 17 heteroatoms. The van der Waals surface area contributed by atoms with Crippen LogP contribution in [0.15, 0.2) is 70.6 Å². The molecule has 0 radical (unpaired) electrons. The highest BCUT2D eigenvalue weighted by Gasteiger charge is 2.58. The highest BCUT2D eigenvalue weighted by Crippen LogP contribution is 2.44. The van der Waals surface area contributed by atoms with Crippen molar-refractivity contribution < 1.29 is 52.7 Å². The first-order valence-electron chi connectivity index (χ1n) is 11.5. The highest BCUT2D eigenvalue weighted by molar-refractivity contribution is 7.91. The Balaban J connectivity index is 1.83. The summed E-state index contributed by atoms with van der Waals surface area (Å²) in [6.45, 7) is 1.25. The SMILES string of the molecule is CCS(=O)(=O)c1cc(-c2ccc(OC(F)(F)C(F)F)cc2)cnc1-n1ncc2ccc(C(F)(F)C(F)(F)F)cc2c1=O. The molecule has 0 N–H and O–H groups in total. The summed E-state index contributed by atoms with van der Waals surface area (Å²) in [6, 6.07) is 6.77. The molecule has 0 atom stereocenters. The van der Waals surface area contributed by atoms with Crippen LogP contribution in [0, 0.1) is 0 Å². The lowest BCUT2D eigenvalue weighted by Crippen LogP contribution is -2.34. The van der Waals surface area contributed by atoms with Gasteiger partial charge in [0.05, 0.1) is 17.3 Å². The van der Waals surface area contributed by atoms with Gasteiger partial charge < -0.3 is 4.74 Å². The van der Waals surface area contributed by atoms with E-state index in [4.69, 9.17) is 0 Å². The molecule has 0 amide bonds. The zero-order chi connectivity index (χ0) is 31.3. The molecule has 2 aromatic carbocycles. The van der Waals surface area contributed by atoms with E-state index in [0.717, 1.165) is 48.8 Å². The number of halogens is 9. The van der Waals surface area contributed by atoms with Gasteiger partial charge in [-0.05, 0) is 29.8 Å². The van der Waals surface area contributed by atoms with E-state index < -0.39 is 73.2 Å². The molecule has 2 heterocycles. The Kier molecular flexibility index (Phi) is 7.77. The van der Waals surface area contributed by atoms with Gasteiger partial charge >= 0.3 is 24.6 Å². The molecule has 0 unspecified atom stereocenters. The summed E-state index contributed by atoms with van der Waals surface area (Å²) in [6.07, 6.45) is -12.8. The van der Waals surface area contributed by atoms with Crippen molar-refractivity contribution in [2.45, 2.75) is 36.5 Å². The van der Waals surface area contributed by atoms with Crippen LogP contribution in [0.2, 0.25) is 0 Å². The van der Waals surface area contributed by atoms with E-state index in [1.807, 2.05) is 0 Å². The van der Waals surface area contributed by atoms with E-state index in [1.165, 1.54) is 6.92 Å². The summed E-state index contributed by atoms with van der Waals surface area (Å²) in [5.74, 6) is -7.05. The molecular formula is C25H16F9N3O4S. The Morgan fingerprint density at radius 2 is 1.55 bits per heavy atom. The van der Waals surface area contributed by atoms with E-state index in [-0.39, 0.29) is 16.5 Å². The van der Waals surface area contributed by atoms with Crippen LogP contribution >= 0.6 is 0 Å². The maximum atomic E-state index is 13.9. The normalized spacial score (nSPS) is 13.1. The quantitative estimate of drug-likeness (QED) is 0.219. The number of rotatable bonds is 8. The van der Waals surface area contributed by atoms with E-state index in [2.05, 4.69) is 14.8 Å².